The summed E-state index contributed by atoms with van der Waals surface area (Å²) in [5.74, 6) is -0.226. The van der Waals surface area contributed by atoms with E-state index in [1.54, 1.807) is 12.1 Å². The van der Waals surface area contributed by atoms with Gasteiger partial charge in [-0.05, 0) is 48.2 Å². The smallest absolute Gasteiger partial charge is 0.123 e. The Hall–Kier alpha value is -2.42. The monoisotopic (exact) mass is 264 g/mol. The Balaban J connectivity index is 1.84. The van der Waals surface area contributed by atoms with Crippen molar-refractivity contribution in [3.63, 3.8) is 0 Å². The summed E-state index contributed by atoms with van der Waals surface area (Å²) >= 11 is 0. The van der Waals surface area contributed by atoms with Gasteiger partial charge in [-0.15, -0.1) is 0 Å². The van der Waals surface area contributed by atoms with Gasteiger partial charge in [0.05, 0.1) is 11.4 Å². The number of aryl methyl sites for hydroxylation is 2. The van der Waals surface area contributed by atoms with E-state index < -0.39 is 0 Å². The van der Waals surface area contributed by atoms with Crippen molar-refractivity contribution in [1.29, 1.82) is 0 Å². The fourth-order valence-corrected chi connectivity index (χ4v) is 2.80. The van der Waals surface area contributed by atoms with Crippen molar-refractivity contribution in [2.24, 2.45) is 0 Å². The van der Waals surface area contributed by atoms with E-state index in [1.165, 1.54) is 28.8 Å². The number of rotatable bonds is 1. The van der Waals surface area contributed by atoms with Crippen LogP contribution in [-0.2, 0) is 12.8 Å². The number of hydrogen-bond acceptors (Lipinski definition) is 1. The van der Waals surface area contributed by atoms with Gasteiger partial charge in [0.25, 0.3) is 0 Å². The first-order valence-electron chi connectivity index (χ1n) is 6.74. The van der Waals surface area contributed by atoms with Crippen molar-refractivity contribution in [3.05, 3.63) is 71.8 Å². The van der Waals surface area contributed by atoms with Crippen molar-refractivity contribution >= 4 is 0 Å². The summed E-state index contributed by atoms with van der Waals surface area (Å²) in [4.78, 5) is 0. The molecule has 0 spiro atoms. The molecule has 0 N–H and O–H groups in total. The van der Waals surface area contributed by atoms with E-state index in [1.807, 2.05) is 10.9 Å². The molecule has 0 radical (unpaired) electrons. The average Bonchev–Trinajstić information content (AvgIpc) is 2.92. The molecule has 0 amide bonds. The Labute approximate surface area is 116 Å². The van der Waals surface area contributed by atoms with Crippen molar-refractivity contribution < 1.29 is 4.39 Å². The number of benzene rings is 2. The predicted octanol–water partition coefficient (Wildman–Crippen LogP) is 3.78. The first-order valence-corrected chi connectivity index (χ1v) is 6.74. The zero-order valence-corrected chi connectivity index (χ0v) is 10.9. The third kappa shape index (κ3) is 1.74. The molecule has 0 saturated heterocycles. The van der Waals surface area contributed by atoms with Gasteiger partial charge < -0.3 is 0 Å². The summed E-state index contributed by atoms with van der Waals surface area (Å²) < 4.78 is 14.8. The number of hydrogen-bond donors (Lipinski definition) is 0. The quantitative estimate of drug-likeness (QED) is 0.654. The summed E-state index contributed by atoms with van der Waals surface area (Å²) in [7, 11) is 0. The lowest BCUT2D eigenvalue weighted by atomic mass is 9.90. The second-order valence-electron chi connectivity index (χ2n) is 5.07. The lowest BCUT2D eigenvalue weighted by Gasteiger charge is -2.13. The van der Waals surface area contributed by atoms with Gasteiger partial charge in [0.1, 0.15) is 5.82 Å². The van der Waals surface area contributed by atoms with Crippen molar-refractivity contribution in [3.8, 4) is 16.8 Å². The van der Waals surface area contributed by atoms with Crippen LogP contribution in [0.15, 0.2) is 54.7 Å². The molecule has 2 aromatic carbocycles. The third-order valence-corrected chi connectivity index (χ3v) is 3.82. The summed E-state index contributed by atoms with van der Waals surface area (Å²) in [5.41, 5.74) is 5.84. The van der Waals surface area contributed by atoms with Crippen LogP contribution in [0.4, 0.5) is 4.39 Å². The highest BCUT2D eigenvalue weighted by molar-refractivity contribution is 5.71. The molecule has 2 nitrogen and oxygen atoms in total. The average molecular weight is 264 g/mol. The van der Waals surface area contributed by atoms with Gasteiger partial charge in [0, 0.05) is 11.8 Å². The van der Waals surface area contributed by atoms with Gasteiger partial charge in [-0.1, -0.05) is 24.3 Å². The summed E-state index contributed by atoms with van der Waals surface area (Å²) in [5, 5.41) is 4.64. The van der Waals surface area contributed by atoms with Crippen molar-refractivity contribution in [2.45, 2.75) is 12.8 Å². The summed E-state index contributed by atoms with van der Waals surface area (Å²) in [6.45, 7) is 0. The highest BCUT2D eigenvalue weighted by Gasteiger charge is 2.19. The minimum Gasteiger partial charge on any atom is -0.240 e. The molecule has 0 unspecified atom stereocenters. The molecular formula is C17H13FN2. The number of fused-ring (bicyclic) bond motifs is 3. The highest BCUT2D eigenvalue weighted by atomic mass is 19.1. The van der Waals surface area contributed by atoms with E-state index in [9.17, 15) is 4.39 Å². The summed E-state index contributed by atoms with van der Waals surface area (Å²) in [6.07, 6.45) is 4.03. The summed E-state index contributed by atoms with van der Waals surface area (Å²) in [6, 6.07) is 14.9. The Morgan fingerprint density at radius 3 is 2.55 bits per heavy atom. The van der Waals surface area contributed by atoms with Crippen LogP contribution in [0.25, 0.3) is 16.8 Å². The SMILES string of the molecule is Fc1ccc(-n2cc3c(n2)CCc2ccccc2-3)cc1. The van der Waals surface area contributed by atoms with Gasteiger partial charge >= 0.3 is 0 Å². The zero-order valence-electron chi connectivity index (χ0n) is 10.9. The topological polar surface area (TPSA) is 17.8 Å². The molecule has 98 valence electrons. The van der Waals surface area contributed by atoms with Crippen LogP contribution in [0.5, 0.6) is 0 Å². The van der Waals surface area contributed by atoms with Gasteiger partial charge in [-0.3, -0.25) is 0 Å². The van der Waals surface area contributed by atoms with Crippen LogP contribution >= 0.6 is 0 Å². The van der Waals surface area contributed by atoms with E-state index >= 15 is 0 Å². The number of nitrogens with zero attached hydrogens (tertiary/aromatic N) is 2. The van der Waals surface area contributed by atoms with E-state index in [2.05, 4.69) is 29.4 Å². The Morgan fingerprint density at radius 2 is 1.70 bits per heavy atom. The molecule has 4 rings (SSSR count). The van der Waals surface area contributed by atoms with Gasteiger partial charge in [-0.25, -0.2) is 9.07 Å². The molecule has 1 heterocycles. The predicted molar refractivity (Wildman–Crippen MR) is 76.4 cm³/mol. The molecule has 0 saturated carbocycles. The van der Waals surface area contributed by atoms with Crippen molar-refractivity contribution in [2.75, 3.05) is 0 Å². The molecule has 3 heteroatoms. The number of halogens is 1. The first kappa shape index (κ1) is 11.4. The van der Waals surface area contributed by atoms with Gasteiger partial charge in [0.15, 0.2) is 0 Å². The maximum absolute atomic E-state index is 13.0. The normalized spacial score (nSPS) is 12.8. The maximum atomic E-state index is 13.0. The molecule has 1 aliphatic carbocycles. The Kier molecular flexibility index (Phi) is 2.46. The van der Waals surface area contributed by atoms with E-state index in [0.29, 0.717) is 0 Å². The van der Waals surface area contributed by atoms with E-state index in [0.717, 1.165) is 24.2 Å². The molecule has 3 aromatic rings. The van der Waals surface area contributed by atoms with Gasteiger partial charge in [-0.2, -0.15) is 5.10 Å². The molecule has 0 fully saturated rings. The molecular weight excluding hydrogens is 251 g/mol. The van der Waals surface area contributed by atoms with Crippen LogP contribution in [0.1, 0.15) is 11.3 Å². The highest BCUT2D eigenvalue weighted by Crippen LogP contribution is 2.33. The maximum Gasteiger partial charge on any atom is 0.123 e. The first-order chi connectivity index (χ1) is 9.81. The number of aromatic nitrogens is 2. The van der Waals surface area contributed by atoms with Gasteiger partial charge in [0.2, 0.25) is 0 Å². The fourth-order valence-electron chi connectivity index (χ4n) is 2.80. The Morgan fingerprint density at radius 1 is 0.900 bits per heavy atom. The lowest BCUT2D eigenvalue weighted by molar-refractivity contribution is 0.627. The third-order valence-electron chi connectivity index (χ3n) is 3.82. The van der Waals surface area contributed by atoms with E-state index in [-0.39, 0.29) is 5.82 Å². The molecule has 20 heavy (non-hydrogen) atoms. The fraction of sp³-hybridized carbons (Fsp3) is 0.118. The van der Waals surface area contributed by atoms with Crippen molar-refractivity contribution in [1.82, 2.24) is 9.78 Å². The second-order valence-corrected chi connectivity index (χ2v) is 5.07. The molecule has 1 aromatic heterocycles. The molecule has 0 bridgehead atoms. The van der Waals surface area contributed by atoms with Crippen LogP contribution in [0, 0.1) is 5.82 Å². The van der Waals surface area contributed by atoms with Crippen LogP contribution in [0.3, 0.4) is 0 Å². The standard InChI is InChI=1S/C17H13FN2/c18-13-6-8-14(9-7-13)20-11-16-15-4-2-1-3-12(15)5-10-17(16)19-20/h1-4,6-9,11H,5,10H2. The second kappa shape index (κ2) is 4.30. The minimum atomic E-state index is -0.226. The van der Waals surface area contributed by atoms with Crippen LogP contribution < -0.4 is 0 Å². The zero-order chi connectivity index (χ0) is 13.5. The Bertz CT molecular complexity index is 772. The van der Waals surface area contributed by atoms with Crippen LogP contribution in [0.2, 0.25) is 0 Å². The van der Waals surface area contributed by atoms with E-state index in [4.69, 9.17) is 0 Å². The molecule has 0 atom stereocenters. The lowest BCUT2D eigenvalue weighted by Crippen LogP contribution is -2.02. The molecule has 1 aliphatic rings. The minimum absolute atomic E-state index is 0.226. The largest absolute Gasteiger partial charge is 0.240 e. The van der Waals surface area contributed by atoms with Crippen LogP contribution in [-0.4, -0.2) is 9.78 Å². The molecule has 0 aliphatic heterocycles.